The predicted octanol–water partition coefficient (Wildman–Crippen LogP) is 3.15. The van der Waals surface area contributed by atoms with Crippen LogP contribution in [0.1, 0.15) is 0 Å². The lowest BCUT2D eigenvalue weighted by molar-refractivity contribution is -0.384. The maximum Gasteiger partial charge on any atom is 0.269 e. The minimum absolute atomic E-state index is 0.00310. The SMILES string of the molecule is CN(c1ccc([N+](=O)[O-])cc1)c1ccnc(Nc2cccc(S(N)(=O)=O)c2)c1. The van der Waals surface area contributed by atoms with Crippen LogP contribution in [0.3, 0.4) is 0 Å². The summed E-state index contributed by atoms with van der Waals surface area (Å²) in [7, 11) is -1.98. The number of benzene rings is 2. The molecule has 0 radical (unpaired) electrons. The van der Waals surface area contributed by atoms with Gasteiger partial charge in [-0.3, -0.25) is 10.1 Å². The summed E-state index contributed by atoms with van der Waals surface area (Å²) in [4.78, 5) is 16.4. The Bertz CT molecular complexity index is 1120. The van der Waals surface area contributed by atoms with Crippen molar-refractivity contribution in [3.8, 4) is 0 Å². The minimum Gasteiger partial charge on any atom is -0.344 e. The van der Waals surface area contributed by atoms with E-state index in [1.807, 2.05) is 11.9 Å². The van der Waals surface area contributed by atoms with Crippen LogP contribution in [-0.4, -0.2) is 25.4 Å². The molecule has 3 N–H and O–H groups in total. The number of non-ortho nitro benzene ring substituents is 1. The summed E-state index contributed by atoms with van der Waals surface area (Å²) in [5.74, 6) is 0.498. The Morgan fingerprint density at radius 2 is 1.79 bits per heavy atom. The van der Waals surface area contributed by atoms with Gasteiger partial charge >= 0.3 is 0 Å². The second-order valence-electron chi connectivity index (χ2n) is 5.93. The van der Waals surface area contributed by atoms with Crippen LogP contribution < -0.4 is 15.4 Å². The van der Waals surface area contributed by atoms with Crippen molar-refractivity contribution in [2.24, 2.45) is 5.14 Å². The molecule has 1 aromatic heterocycles. The lowest BCUT2D eigenvalue weighted by Gasteiger charge is -2.20. The van der Waals surface area contributed by atoms with Crippen molar-refractivity contribution in [3.05, 3.63) is 77.0 Å². The van der Waals surface area contributed by atoms with Crippen LogP contribution in [0.5, 0.6) is 0 Å². The summed E-state index contributed by atoms with van der Waals surface area (Å²) >= 11 is 0. The number of rotatable bonds is 6. The molecule has 1 heterocycles. The molecule has 0 bridgehead atoms. The van der Waals surface area contributed by atoms with Gasteiger partial charge in [0, 0.05) is 48.5 Å². The molecule has 9 nitrogen and oxygen atoms in total. The summed E-state index contributed by atoms with van der Waals surface area (Å²) in [6.07, 6.45) is 1.60. The Kier molecular flexibility index (Phi) is 5.25. The molecule has 0 spiro atoms. The van der Waals surface area contributed by atoms with Gasteiger partial charge in [-0.05, 0) is 36.4 Å². The van der Waals surface area contributed by atoms with E-state index >= 15 is 0 Å². The molecular weight excluding hydrogens is 382 g/mol. The summed E-state index contributed by atoms with van der Waals surface area (Å²) in [5, 5.41) is 19.0. The fraction of sp³-hybridized carbons (Fsp3) is 0.0556. The van der Waals surface area contributed by atoms with E-state index in [9.17, 15) is 18.5 Å². The first-order valence-electron chi connectivity index (χ1n) is 8.08. The number of aromatic nitrogens is 1. The number of nitrogens with zero attached hydrogens (tertiary/aromatic N) is 3. The van der Waals surface area contributed by atoms with Gasteiger partial charge in [-0.25, -0.2) is 18.5 Å². The number of nitro benzene ring substituents is 1. The second kappa shape index (κ2) is 7.62. The number of pyridine rings is 1. The van der Waals surface area contributed by atoms with Gasteiger partial charge in [0.05, 0.1) is 9.82 Å². The predicted molar refractivity (Wildman–Crippen MR) is 106 cm³/mol. The third-order valence-electron chi connectivity index (χ3n) is 4.01. The molecule has 3 aromatic rings. The molecule has 0 atom stereocenters. The highest BCUT2D eigenvalue weighted by Crippen LogP contribution is 2.27. The van der Waals surface area contributed by atoms with Gasteiger partial charge < -0.3 is 10.2 Å². The Labute approximate surface area is 161 Å². The van der Waals surface area contributed by atoms with Crippen molar-refractivity contribution in [1.29, 1.82) is 0 Å². The molecule has 2 aromatic carbocycles. The molecule has 0 aliphatic heterocycles. The fourth-order valence-corrected chi connectivity index (χ4v) is 3.10. The van der Waals surface area contributed by atoms with Crippen LogP contribution in [0.2, 0.25) is 0 Å². The first-order valence-corrected chi connectivity index (χ1v) is 9.63. The van der Waals surface area contributed by atoms with Crippen LogP contribution in [0, 0.1) is 10.1 Å². The highest BCUT2D eigenvalue weighted by molar-refractivity contribution is 7.89. The van der Waals surface area contributed by atoms with Crippen molar-refractivity contribution in [2.45, 2.75) is 4.90 Å². The molecule has 0 amide bonds. The molecule has 0 fully saturated rings. The van der Waals surface area contributed by atoms with Gasteiger partial charge in [0.15, 0.2) is 0 Å². The van der Waals surface area contributed by atoms with Crippen molar-refractivity contribution in [3.63, 3.8) is 0 Å². The zero-order chi connectivity index (χ0) is 20.3. The first kappa shape index (κ1) is 19.3. The Morgan fingerprint density at radius 3 is 2.43 bits per heavy atom. The van der Waals surface area contributed by atoms with E-state index in [1.54, 1.807) is 42.6 Å². The number of hydrogen-bond donors (Lipinski definition) is 2. The number of nitro groups is 1. The fourth-order valence-electron chi connectivity index (χ4n) is 2.54. The van der Waals surface area contributed by atoms with Crippen molar-refractivity contribution in [1.82, 2.24) is 4.98 Å². The molecule has 28 heavy (non-hydrogen) atoms. The molecule has 0 aliphatic rings. The lowest BCUT2D eigenvalue weighted by atomic mass is 10.2. The Balaban J connectivity index is 1.83. The third kappa shape index (κ3) is 4.42. The average molecular weight is 399 g/mol. The molecule has 144 valence electrons. The number of anilines is 4. The quantitative estimate of drug-likeness (QED) is 0.481. The first-order chi connectivity index (χ1) is 13.2. The topological polar surface area (TPSA) is 131 Å². The maximum atomic E-state index is 11.5. The normalized spacial score (nSPS) is 11.1. The summed E-state index contributed by atoms with van der Waals surface area (Å²) < 4.78 is 23.0. The van der Waals surface area contributed by atoms with E-state index in [2.05, 4.69) is 10.3 Å². The highest BCUT2D eigenvalue weighted by Gasteiger charge is 2.11. The maximum absolute atomic E-state index is 11.5. The monoisotopic (exact) mass is 399 g/mol. The molecule has 10 heteroatoms. The van der Waals surface area contributed by atoms with Gasteiger partial charge in [-0.1, -0.05) is 6.07 Å². The molecule has 0 saturated carbocycles. The highest BCUT2D eigenvalue weighted by atomic mass is 32.2. The van der Waals surface area contributed by atoms with E-state index < -0.39 is 14.9 Å². The van der Waals surface area contributed by atoms with Gasteiger partial charge in [-0.15, -0.1) is 0 Å². The average Bonchev–Trinajstić information content (AvgIpc) is 2.67. The van der Waals surface area contributed by atoms with Crippen molar-refractivity contribution < 1.29 is 13.3 Å². The Morgan fingerprint density at radius 1 is 1.07 bits per heavy atom. The standard InChI is InChI=1S/C18H17N5O4S/c1-22(14-5-7-15(8-6-14)23(24)25)16-9-10-20-18(12-16)21-13-3-2-4-17(11-13)28(19,26)27/h2-12H,1H3,(H,20,21)(H2,19,26,27). The van der Waals surface area contributed by atoms with E-state index in [4.69, 9.17) is 5.14 Å². The zero-order valence-electron chi connectivity index (χ0n) is 14.8. The van der Waals surface area contributed by atoms with Gasteiger partial charge in [0.25, 0.3) is 5.69 Å². The summed E-state index contributed by atoms with van der Waals surface area (Å²) in [6.45, 7) is 0. The molecule has 0 saturated heterocycles. The van der Waals surface area contributed by atoms with Crippen LogP contribution in [0.25, 0.3) is 0 Å². The molecule has 0 unspecified atom stereocenters. The van der Waals surface area contributed by atoms with Crippen molar-refractivity contribution in [2.75, 3.05) is 17.3 Å². The van der Waals surface area contributed by atoms with Gasteiger partial charge in [0.1, 0.15) is 5.82 Å². The van der Waals surface area contributed by atoms with Crippen LogP contribution in [0.4, 0.5) is 28.6 Å². The summed E-state index contributed by atoms with van der Waals surface area (Å²) in [5.41, 5.74) is 2.09. The molecule has 0 aliphatic carbocycles. The third-order valence-corrected chi connectivity index (χ3v) is 4.92. The largest absolute Gasteiger partial charge is 0.344 e. The van der Waals surface area contributed by atoms with Crippen LogP contribution in [0.15, 0.2) is 71.8 Å². The number of nitrogens with two attached hydrogens (primary N) is 1. The number of sulfonamides is 1. The number of hydrogen-bond acceptors (Lipinski definition) is 7. The van der Waals surface area contributed by atoms with Gasteiger partial charge in [0.2, 0.25) is 10.0 Å². The number of nitrogens with one attached hydrogen (secondary N) is 1. The second-order valence-corrected chi connectivity index (χ2v) is 7.49. The minimum atomic E-state index is -3.80. The van der Waals surface area contributed by atoms with Crippen molar-refractivity contribution >= 4 is 38.6 Å². The van der Waals surface area contributed by atoms with Crippen LogP contribution in [-0.2, 0) is 10.0 Å². The van der Waals surface area contributed by atoms with E-state index in [-0.39, 0.29) is 10.6 Å². The Hall–Kier alpha value is -3.50. The van der Waals surface area contributed by atoms with E-state index in [1.165, 1.54) is 24.3 Å². The molecule has 3 rings (SSSR count). The smallest absolute Gasteiger partial charge is 0.269 e. The van der Waals surface area contributed by atoms with E-state index in [0.717, 1.165) is 11.4 Å². The van der Waals surface area contributed by atoms with E-state index in [0.29, 0.717) is 11.5 Å². The van der Waals surface area contributed by atoms with Gasteiger partial charge in [-0.2, -0.15) is 0 Å². The zero-order valence-corrected chi connectivity index (χ0v) is 15.6. The summed E-state index contributed by atoms with van der Waals surface area (Å²) in [6, 6.07) is 15.8. The lowest BCUT2D eigenvalue weighted by Crippen LogP contribution is -2.12. The van der Waals surface area contributed by atoms with Crippen LogP contribution >= 0.6 is 0 Å². The molecular formula is C18H17N5O4S. The number of primary sulfonamides is 1.